The first-order valence-corrected chi connectivity index (χ1v) is 10.1. The summed E-state index contributed by atoms with van der Waals surface area (Å²) in [6.07, 6.45) is 0. The Morgan fingerprint density at radius 2 is 1.68 bits per heavy atom. The molecule has 2 heterocycles. The van der Waals surface area contributed by atoms with Gasteiger partial charge in [-0.05, 0) is 12.1 Å². The molecule has 0 saturated carbocycles. The van der Waals surface area contributed by atoms with E-state index in [-0.39, 0.29) is 31.2 Å². The van der Waals surface area contributed by atoms with Crippen molar-refractivity contribution in [1.29, 1.82) is 0 Å². The first-order valence-electron chi connectivity index (χ1n) is 8.68. The molecular formula is C18H20ClF2N3O3S. The molecule has 0 atom stereocenters. The molecule has 0 bridgehead atoms. The van der Waals surface area contributed by atoms with Crippen molar-refractivity contribution in [2.75, 3.05) is 48.5 Å². The lowest BCUT2D eigenvalue weighted by Gasteiger charge is -2.36. The monoisotopic (exact) mass is 431 g/mol. The molecule has 0 unspecified atom stereocenters. The van der Waals surface area contributed by atoms with Crippen LogP contribution in [0.4, 0.5) is 20.2 Å². The number of halogens is 3. The van der Waals surface area contributed by atoms with Gasteiger partial charge in [0.05, 0.1) is 17.9 Å². The molecule has 2 aliphatic heterocycles. The summed E-state index contributed by atoms with van der Waals surface area (Å²) in [6, 6.07) is 7.64. The van der Waals surface area contributed by atoms with Crippen LogP contribution in [-0.4, -0.2) is 47.7 Å². The van der Waals surface area contributed by atoms with Crippen LogP contribution in [0.1, 0.15) is 0 Å². The topological polar surface area (TPSA) is 61.9 Å². The minimum absolute atomic E-state index is 0. The van der Waals surface area contributed by atoms with E-state index >= 15 is 0 Å². The highest BCUT2D eigenvalue weighted by Crippen LogP contribution is 2.43. The normalized spacial score (nSPS) is 16.8. The van der Waals surface area contributed by atoms with Crippen molar-refractivity contribution in [2.24, 2.45) is 0 Å². The summed E-state index contributed by atoms with van der Waals surface area (Å²) in [4.78, 5) is 1.52. The second-order valence-corrected chi connectivity index (χ2v) is 8.20. The Morgan fingerprint density at radius 3 is 2.39 bits per heavy atom. The van der Waals surface area contributed by atoms with Gasteiger partial charge in [0.25, 0.3) is 10.0 Å². The van der Waals surface area contributed by atoms with Gasteiger partial charge in [0.2, 0.25) is 0 Å². The van der Waals surface area contributed by atoms with Crippen LogP contribution in [0.3, 0.4) is 0 Å². The highest BCUT2D eigenvalue weighted by Gasteiger charge is 2.34. The fourth-order valence-corrected chi connectivity index (χ4v) is 4.92. The van der Waals surface area contributed by atoms with Crippen molar-refractivity contribution in [1.82, 2.24) is 5.32 Å². The van der Waals surface area contributed by atoms with Crippen LogP contribution in [0.25, 0.3) is 0 Å². The standard InChI is InChI=1S/C18H19F2N3O3S.ClH/c19-13-11-15(22-7-5-21-6-8-22)18-16(12-13)23(9-10-26-18)27(24,25)17-4-2-1-3-14(17)20;/h1-4,11-12,21H,5-10H2;1H. The number of benzene rings is 2. The summed E-state index contributed by atoms with van der Waals surface area (Å²) in [6.45, 7) is 2.86. The molecule has 0 aliphatic carbocycles. The minimum Gasteiger partial charge on any atom is -0.487 e. The van der Waals surface area contributed by atoms with Crippen LogP contribution >= 0.6 is 12.4 Å². The Bertz CT molecular complexity index is 969. The van der Waals surface area contributed by atoms with E-state index in [9.17, 15) is 17.2 Å². The summed E-state index contributed by atoms with van der Waals surface area (Å²) < 4.78 is 61.4. The van der Waals surface area contributed by atoms with Crippen LogP contribution in [0.5, 0.6) is 5.75 Å². The molecule has 4 rings (SSSR count). The summed E-state index contributed by atoms with van der Waals surface area (Å²) in [5.74, 6) is -1.10. The Labute approximate surface area is 168 Å². The lowest BCUT2D eigenvalue weighted by atomic mass is 10.2. The molecular weight excluding hydrogens is 412 g/mol. The van der Waals surface area contributed by atoms with Crippen molar-refractivity contribution >= 4 is 33.8 Å². The molecule has 1 saturated heterocycles. The van der Waals surface area contributed by atoms with Crippen molar-refractivity contribution < 1.29 is 21.9 Å². The maximum atomic E-state index is 14.4. The van der Waals surface area contributed by atoms with Gasteiger partial charge in [-0.1, -0.05) is 12.1 Å². The molecule has 2 aromatic rings. The summed E-state index contributed by atoms with van der Waals surface area (Å²) in [5, 5.41) is 3.22. The smallest absolute Gasteiger partial charge is 0.267 e. The van der Waals surface area contributed by atoms with Gasteiger partial charge in [-0.3, -0.25) is 4.31 Å². The number of hydrogen-bond donors (Lipinski definition) is 1. The van der Waals surface area contributed by atoms with Crippen LogP contribution in [0, 0.1) is 11.6 Å². The van der Waals surface area contributed by atoms with E-state index in [4.69, 9.17) is 4.74 Å². The zero-order chi connectivity index (χ0) is 19.0. The fourth-order valence-electron chi connectivity index (χ4n) is 3.41. The molecule has 2 aromatic carbocycles. The molecule has 1 fully saturated rings. The minimum atomic E-state index is -4.19. The van der Waals surface area contributed by atoms with E-state index in [1.54, 1.807) is 0 Å². The molecule has 6 nitrogen and oxygen atoms in total. The number of nitrogens with zero attached hydrogens (tertiary/aromatic N) is 2. The third-order valence-electron chi connectivity index (χ3n) is 4.69. The van der Waals surface area contributed by atoms with E-state index in [0.29, 0.717) is 24.5 Å². The number of fused-ring (bicyclic) bond motifs is 1. The predicted octanol–water partition coefficient (Wildman–Crippen LogP) is 2.38. The second-order valence-electron chi connectivity index (χ2n) is 6.37. The summed E-state index contributed by atoms with van der Waals surface area (Å²) in [7, 11) is -4.19. The zero-order valence-electron chi connectivity index (χ0n) is 14.9. The second kappa shape index (κ2) is 8.10. The van der Waals surface area contributed by atoms with Crippen LogP contribution in [0.15, 0.2) is 41.3 Å². The molecule has 2 aliphatic rings. The lowest BCUT2D eigenvalue weighted by Crippen LogP contribution is -2.44. The first kappa shape index (κ1) is 20.6. The third-order valence-corrected chi connectivity index (χ3v) is 6.53. The Balaban J connectivity index is 0.00000225. The highest BCUT2D eigenvalue weighted by atomic mass is 35.5. The van der Waals surface area contributed by atoms with Crippen molar-refractivity contribution in [3.63, 3.8) is 0 Å². The quantitative estimate of drug-likeness (QED) is 0.808. The van der Waals surface area contributed by atoms with Crippen molar-refractivity contribution in [3.8, 4) is 5.75 Å². The number of nitrogens with one attached hydrogen (secondary N) is 1. The van der Waals surface area contributed by atoms with Gasteiger partial charge < -0.3 is 15.0 Å². The molecule has 1 N–H and O–H groups in total. The molecule has 0 aromatic heterocycles. The van der Waals surface area contributed by atoms with Gasteiger partial charge in [-0.25, -0.2) is 17.2 Å². The van der Waals surface area contributed by atoms with E-state index in [2.05, 4.69) is 5.32 Å². The van der Waals surface area contributed by atoms with Gasteiger partial charge >= 0.3 is 0 Å². The van der Waals surface area contributed by atoms with E-state index < -0.39 is 26.6 Å². The number of ether oxygens (including phenoxy) is 1. The maximum absolute atomic E-state index is 14.4. The average molecular weight is 432 g/mol. The van der Waals surface area contributed by atoms with Crippen LogP contribution in [-0.2, 0) is 10.0 Å². The van der Waals surface area contributed by atoms with E-state index in [1.807, 2.05) is 4.90 Å². The highest BCUT2D eigenvalue weighted by molar-refractivity contribution is 7.92. The van der Waals surface area contributed by atoms with Gasteiger partial charge in [0.1, 0.15) is 23.1 Å². The lowest BCUT2D eigenvalue weighted by molar-refractivity contribution is 0.315. The number of sulfonamides is 1. The Morgan fingerprint density at radius 1 is 1.00 bits per heavy atom. The van der Waals surface area contributed by atoms with Gasteiger partial charge in [0, 0.05) is 38.3 Å². The molecule has 0 amide bonds. The SMILES string of the molecule is Cl.O=S(=O)(c1ccccc1F)N1CCOc2c(N3CCNCC3)cc(F)cc21. The number of anilines is 2. The van der Waals surface area contributed by atoms with Gasteiger partial charge in [-0.15, -0.1) is 12.4 Å². The summed E-state index contributed by atoms with van der Waals surface area (Å²) >= 11 is 0. The fraction of sp³-hybridized carbons (Fsp3) is 0.333. The molecule has 10 heteroatoms. The van der Waals surface area contributed by atoms with E-state index in [0.717, 1.165) is 29.5 Å². The van der Waals surface area contributed by atoms with E-state index in [1.165, 1.54) is 24.3 Å². The number of hydrogen-bond acceptors (Lipinski definition) is 5. The Kier molecular flexibility index (Phi) is 5.97. The van der Waals surface area contributed by atoms with Crippen LogP contribution in [0.2, 0.25) is 0 Å². The number of rotatable bonds is 3. The average Bonchev–Trinajstić information content (AvgIpc) is 2.67. The van der Waals surface area contributed by atoms with Gasteiger partial charge in [-0.2, -0.15) is 0 Å². The zero-order valence-corrected chi connectivity index (χ0v) is 16.5. The predicted molar refractivity (Wildman–Crippen MR) is 105 cm³/mol. The molecule has 152 valence electrons. The Hall–Kier alpha value is -2.10. The molecule has 0 radical (unpaired) electrons. The third kappa shape index (κ3) is 3.61. The molecule has 0 spiro atoms. The van der Waals surface area contributed by atoms with Gasteiger partial charge in [0.15, 0.2) is 5.75 Å². The maximum Gasteiger partial charge on any atom is 0.267 e. The number of piperazine rings is 1. The van der Waals surface area contributed by atoms with Crippen LogP contribution < -0.4 is 19.3 Å². The first-order chi connectivity index (χ1) is 13.0. The van der Waals surface area contributed by atoms with Crippen molar-refractivity contribution in [2.45, 2.75) is 4.90 Å². The molecule has 28 heavy (non-hydrogen) atoms. The largest absolute Gasteiger partial charge is 0.487 e. The van der Waals surface area contributed by atoms with Crippen molar-refractivity contribution in [3.05, 3.63) is 48.0 Å². The summed E-state index contributed by atoms with van der Waals surface area (Å²) in [5.41, 5.74) is 0.609.